The average molecular weight is 1200 g/mol. The maximum Gasteiger partial charge on any atom is 0.143 e. The summed E-state index contributed by atoms with van der Waals surface area (Å²) in [5, 5.41) is 10.9. The molecule has 1 aromatic heterocycles. The van der Waals surface area contributed by atoms with Gasteiger partial charge < -0.3 is 4.42 Å². The molecule has 1 heteroatoms. The molecule has 0 aliphatic rings. The lowest BCUT2D eigenvalue weighted by molar-refractivity contribution is 0.669. The second-order valence-corrected chi connectivity index (χ2v) is 29.6. The van der Waals surface area contributed by atoms with Crippen LogP contribution in [0.1, 0.15) is 217 Å². The maximum atomic E-state index is 7.69. The monoisotopic (exact) mass is 1200 g/mol. The molecule has 0 saturated heterocycles. The third kappa shape index (κ3) is 8.45. The van der Waals surface area contributed by atoms with E-state index in [1.807, 2.05) is 0 Å². The van der Waals surface area contributed by atoms with Crippen molar-refractivity contribution in [1.29, 1.82) is 0 Å². The van der Waals surface area contributed by atoms with Crippen LogP contribution in [0.25, 0.3) is 87.6 Å². The fourth-order valence-corrected chi connectivity index (χ4v) is 18.5. The zero-order valence-corrected chi connectivity index (χ0v) is 63.0. The van der Waals surface area contributed by atoms with Crippen LogP contribution < -0.4 is 0 Å². The minimum Gasteiger partial charge on any atom is -0.455 e. The van der Waals surface area contributed by atoms with Crippen molar-refractivity contribution >= 4 is 54.3 Å². The summed E-state index contributed by atoms with van der Waals surface area (Å²) in [6, 6.07) is 0. The molecular weight excluding hydrogens is 1100 g/mol. The van der Waals surface area contributed by atoms with E-state index >= 15 is 0 Å². The van der Waals surface area contributed by atoms with Crippen LogP contribution in [-0.2, 0) is 0 Å². The number of fused-ring (bicyclic) bond motifs is 8. The van der Waals surface area contributed by atoms with Crippen molar-refractivity contribution in [2.75, 3.05) is 0 Å². The van der Waals surface area contributed by atoms with Gasteiger partial charge in [0.15, 0.2) is 0 Å². The first-order valence-electron chi connectivity index (χ1n) is 34.0. The molecule has 0 aliphatic heterocycles. The Morgan fingerprint density at radius 3 is 0.692 bits per heavy atom. The molecule has 472 valence electrons. The van der Waals surface area contributed by atoms with Crippen LogP contribution in [0.15, 0.2) is 4.42 Å². The molecule has 1 heterocycles. The maximum absolute atomic E-state index is 7.69. The third-order valence-corrected chi connectivity index (χ3v) is 26.5. The van der Waals surface area contributed by atoms with Gasteiger partial charge in [-0.25, -0.2) is 0 Å². The Balaban J connectivity index is 1.24. The normalized spacial score (nSPS) is 12.5. The average Bonchev–Trinajstić information content (AvgIpc) is 1.69. The van der Waals surface area contributed by atoms with Crippen LogP contribution in [0.2, 0.25) is 0 Å². The topological polar surface area (TPSA) is 13.1 Å². The quantitative estimate of drug-likeness (QED) is 0.119. The first-order chi connectivity index (χ1) is 42.4. The van der Waals surface area contributed by atoms with Gasteiger partial charge in [-0.15, -0.1) is 0 Å². The van der Waals surface area contributed by atoms with Crippen molar-refractivity contribution in [3.63, 3.8) is 0 Å². The van der Waals surface area contributed by atoms with Crippen molar-refractivity contribution in [2.24, 2.45) is 0 Å². The molecule has 0 saturated carbocycles. The molecule has 11 rings (SSSR count). The molecule has 11 aromatic rings. The van der Waals surface area contributed by atoms with Crippen molar-refractivity contribution in [3.8, 4) is 33.4 Å². The van der Waals surface area contributed by atoms with Gasteiger partial charge in [-0.05, 0) is 508 Å². The number of furan rings is 1. The summed E-state index contributed by atoms with van der Waals surface area (Å²) in [6.45, 7) is 83.5. The smallest absolute Gasteiger partial charge is 0.143 e. The molecule has 1 nitrogen and oxygen atoms in total. The third-order valence-electron chi connectivity index (χ3n) is 26.5. The van der Waals surface area contributed by atoms with Crippen molar-refractivity contribution < 1.29 is 4.42 Å². The molecule has 0 N–H and O–H groups in total. The lowest BCUT2D eigenvalue weighted by Crippen LogP contribution is -2.19. The van der Waals surface area contributed by atoms with E-state index in [9.17, 15) is 0 Å². The van der Waals surface area contributed by atoms with Crippen LogP contribution in [-0.4, -0.2) is 0 Å². The molecule has 1 atom stereocenters. The molecular formula is C90H106O. The molecule has 91 heavy (non-hydrogen) atoms. The van der Waals surface area contributed by atoms with E-state index < -0.39 is 0 Å². The predicted molar refractivity (Wildman–Crippen MR) is 402 cm³/mol. The van der Waals surface area contributed by atoms with Crippen LogP contribution in [0.5, 0.6) is 0 Å². The van der Waals surface area contributed by atoms with Gasteiger partial charge in [-0.1, -0.05) is 0 Å². The van der Waals surface area contributed by atoms with Gasteiger partial charge in [0, 0.05) is 27.6 Å². The molecule has 0 amide bonds. The van der Waals surface area contributed by atoms with E-state index in [2.05, 4.69) is 242 Å². The minimum absolute atomic E-state index is 0.0193. The summed E-state index contributed by atoms with van der Waals surface area (Å²) < 4.78 is 7.69. The van der Waals surface area contributed by atoms with Crippen LogP contribution in [0.4, 0.5) is 0 Å². The summed E-state index contributed by atoms with van der Waals surface area (Å²) in [5.74, 6) is -0.0193. The van der Waals surface area contributed by atoms with Crippen LogP contribution in [0.3, 0.4) is 0 Å². The van der Waals surface area contributed by atoms with E-state index in [-0.39, 0.29) is 5.92 Å². The van der Waals surface area contributed by atoms with Gasteiger partial charge >= 0.3 is 0 Å². The number of aryl methyl sites for hydroxylation is 10. The fraction of sp³-hybridized carbons (Fsp3) is 0.400. The lowest BCUT2D eigenvalue weighted by Gasteiger charge is -2.35. The second kappa shape index (κ2) is 22.0. The highest BCUT2D eigenvalue weighted by Crippen LogP contribution is 2.56. The van der Waals surface area contributed by atoms with E-state index in [0.717, 1.165) is 11.2 Å². The molecule has 0 spiro atoms. The first kappa shape index (κ1) is 65.3. The highest BCUT2D eigenvalue weighted by atomic mass is 16.3. The first-order valence-corrected chi connectivity index (χ1v) is 34.0. The van der Waals surface area contributed by atoms with Crippen molar-refractivity contribution in [1.82, 2.24) is 0 Å². The molecule has 10 aromatic carbocycles. The molecule has 0 aliphatic carbocycles. The van der Waals surface area contributed by atoms with Gasteiger partial charge in [-0.2, -0.15) is 0 Å². The van der Waals surface area contributed by atoms with Gasteiger partial charge in [-0.3, -0.25) is 0 Å². The Labute approximate surface area is 548 Å². The van der Waals surface area contributed by atoms with Gasteiger partial charge in [0.2, 0.25) is 0 Å². The number of benzene rings is 10. The molecule has 0 fully saturated rings. The van der Waals surface area contributed by atoms with Gasteiger partial charge in [0.25, 0.3) is 0 Å². The molecule has 0 bridgehead atoms. The summed E-state index contributed by atoms with van der Waals surface area (Å²) in [6.07, 6.45) is 0. The Hall–Kier alpha value is -7.22. The standard InChI is InChI=1S/C90H106O/c1-36-38(3)48(13)72(49(14)39(36)4)84-69(34)87-86-67(32)66(31)78(70(35)89(86)91-90(87)85-57(22)47(12)46(11)56(21)82(84)85)71-58(23)62(27)75(63(28)59(71)24)88(74-50(15)40(5)37(2)41(6)51(74)16)76-64(29)60(25)73(61(26)65(76)30)83-68(33)77-52(17)42(7)43(8)53(18)79(77)80-54(19)44(9)45(10)55(20)81(80)83/h88H,1-35H3. The van der Waals surface area contributed by atoms with Gasteiger partial charge in [0.05, 0.1) is 0 Å². The Morgan fingerprint density at radius 1 is 0.132 bits per heavy atom. The Bertz CT molecular complexity index is 5100. The minimum atomic E-state index is -0.0193. The summed E-state index contributed by atoms with van der Waals surface area (Å²) in [7, 11) is 0. The zero-order chi connectivity index (χ0) is 67.5. The lowest BCUT2D eigenvalue weighted by atomic mass is 9.69. The fourth-order valence-electron chi connectivity index (χ4n) is 18.5. The van der Waals surface area contributed by atoms with Crippen molar-refractivity contribution in [2.45, 2.75) is 248 Å². The largest absolute Gasteiger partial charge is 0.455 e. The highest BCUT2D eigenvalue weighted by Gasteiger charge is 2.36. The van der Waals surface area contributed by atoms with E-state index in [0.29, 0.717) is 0 Å². The van der Waals surface area contributed by atoms with E-state index in [4.69, 9.17) is 4.42 Å². The Morgan fingerprint density at radius 2 is 0.319 bits per heavy atom. The number of rotatable bonds is 6. The number of hydrogen-bond acceptors (Lipinski definition) is 1. The second-order valence-electron chi connectivity index (χ2n) is 29.6. The SMILES string of the molecule is Cc1c(C)c(C)c(-c2c(C)c3c(oc4c(C)c(-c5c(C)c(C)c(C(c6c(C)c(C)c(C)c(C)c6C)c6c(C)c(C)c(-c7c(C)c8c(C)c(C)c(C)c(C)c8c8c(C)c(C)c(C)c(C)c78)c(C)c6C)c(C)c5C)c(C)c(C)c43)c3c(C)c(C)c(C)c(C)c23)c(C)c1C. The summed E-state index contributed by atoms with van der Waals surface area (Å²) >= 11 is 0. The predicted octanol–water partition coefficient (Wildman–Crippen LogP) is 26.0. The van der Waals surface area contributed by atoms with Crippen LogP contribution >= 0.6 is 0 Å². The zero-order valence-electron chi connectivity index (χ0n) is 63.0. The van der Waals surface area contributed by atoms with E-state index in [1.54, 1.807) is 0 Å². The molecule has 0 radical (unpaired) electrons. The van der Waals surface area contributed by atoms with E-state index in [1.165, 1.54) is 288 Å². The van der Waals surface area contributed by atoms with Crippen LogP contribution in [0, 0.1) is 242 Å². The molecule has 1 unspecified atom stereocenters. The van der Waals surface area contributed by atoms with Gasteiger partial charge in [0.1, 0.15) is 11.2 Å². The number of hydrogen-bond donors (Lipinski definition) is 0. The Kier molecular flexibility index (Phi) is 15.8. The van der Waals surface area contributed by atoms with Crippen molar-refractivity contribution in [3.05, 3.63) is 211 Å². The summed E-state index contributed by atoms with van der Waals surface area (Å²) in [5.41, 5.74) is 62.8. The summed E-state index contributed by atoms with van der Waals surface area (Å²) in [4.78, 5) is 0. The highest BCUT2D eigenvalue weighted by molar-refractivity contribution is 6.25.